The van der Waals surface area contributed by atoms with Crippen LogP contribution < -0.4 is 10.1 Å². The standard InChI is InChI=1S/C13H16N2O3/c1-3-10(6-13(16)17)15-12-7-11(18-2)5-4-9(12)8-14/h4-5,7,10,15H,3,6H2,1-2H3,(H,16,17). The van der Waals surface area contributed by atoms with Crippen LogP contribution in [-0.2, 0) is 4.79 Å². The van der Waals surface area contributed by atoms with Gasteiger partial charge in [-0.25, -0.2) is 0 Å². The molecule has 0 amide bonds. The highest BCUT2D eigenvalue weighted by Crippen LogP contribution is 2.23. The Morgan fingerprint density at radius 2 is 2.33 bits per heavy atom. The Bertz CT molecular complexity index is 466. The van der Waals surface area contributed by atoms with E-state index in [1.807, 2.05) is 6.92 Å². The topological polar surface area (TPSA) is 82.3 Å². The number of aliphatic carboxylic acids is 1. The summed E-state index contributed by atoms with van der Waals surface area (Å²) in [6, 6.07) is 6.90. The van der Waals surface area contributed by atoms with Crippen molar-refractivity contribution in [1.29, 1.82) is 5.26 Å². The first-order chi connectivity index (χ1) is 8.60. The first kappa shape index (κ1) is 13.8. The minimum absolute atomic E-state index is 0.0125. The molecule has 2 N–H and O–H groups in total. The number of methoxy groups -OCH3 is 1. The predicted octanol–water partition coefficient (Wildman–Crippen LogP) is 2.23. The van der Waals surface area contributed by atoms with E-state index < -0.39 is 5.97 Å². The average Bonchev–Trinajstić information content (AvgIpc) is 2.37. The van der Waals surface area contributed by atoms with Crippen LogP contribution in [0.5, 0.6) is 5.75 Å². The Kier molecular flexibility index (Phi) is 5.00. The molecule has 5 nitrogen and oxygen atoms in total. The molecule has 96 valence electrons. The van der Waals surface area contributed by atoms with Crippen molar-refractivity contribution in [3.63, 3.8) is 0 Å². The quantitative estimate of drug-likeness (QED) is 0.806. The Hall–Kier alpha value is -2.22. The summed E-state index contributed by atoms with van der Waals surface area (Å²) in [5.41, 5.74) is 1.07. The second-order valence-corrected chi connectivity index (χ2v) is 3.87. The molecular formula is C13H16N2O3. The van der Waals surface area contributed by atoms with Crippen LogP contribution >= 0.6 is 0 Å². The summed E-state index contributed by atoms with van der Waals surface area (Å²) in [4.78, 5) is 10.7. The van der Waals surface area contributed by atoms with Crippen molar-refractivity contribution < 1.29 is 14.6 Å². The number of nitrogens with zero attached hydrogens (tertiary/aromatic N) is 1. The van der Waals surface area contributed by atoms with Crippen molar-refractivity contribution in [3.8, 4) is 11.8 Å². The number of nitrogens with one attached hydrogen (secondary N) is 1. The number of carboxylic acid groups (broad SMARTS) is 1. The fourth-order valence-corrected chi connectivity index (χ4v) is 1.60. The number of carbonyl (C=O) groups is 1. The third-order valence-corrected chi connectivity index (χ3v) is 2.62. The maximum absolute atomic E-state index is 10.7. The third-order valence-electron chi connectivity index (χ3n) is 2.62. The lowest BCUT2D eigenvalue weighted by atomic mass is 10.1. The summed E-state index contributed by atoms with van der Waals surface area (Å²) in [6.07, 6.45) is 0.674. The molecule has 0 saturated heterocycles. The fourth-order valence-electron chi connectivity index (χ4n) is 1.60. The molecule has 0 bridgehead atoms. The van der Waals surface area contributed by atoms with Gasteiger partial charge in [0.2, 0.25) is 0 Å². The van der Waals surface area contributed by atoms with E-state index >= 15 is 0 Å². The van der Waals surface area contributed by atoms with Crippen LogP contribution in [0.15, 0.2) is 18.2 Å². The summed E-state index contributed by atoms with van der Waals surface area (Å²) in [7, 11) is 1.54. The number of hydrogen-bond donors (Lipinski definition) is 2. The number of ether oxygens (including phenoxy) is 1. The Morgan fingerprint density at radius 3 is 2.83 bits per heavy atom. The SMILES string of the molecule is CCC(CC(=O)O)Nc1cc(OC)ccc1C#N. The lowest BCUT2D eigenvalue weighted by Crippen LogP contribution is -2.22. The maximum atomic E-state index is 10.7. The van der Waals surface area contributed by atoms with Crippen LogP contribution in [-0.4, -0.2) is 24.2 Å². The maximum Gasteiger partial charge on any atom is 0.305 e. The van der Waals surface area contributed by atoms with Crippen molar-refractivity contribution in [2.24, 2.45) is 0 Å². The Morgan fingerprint density at radius 1 is 1.61 bits per heavy atom. The highest BCUT2D eigenvalue weighted by Gasteiger charge is 2.13. The molecule has 5 heteroatoms. The molecule has 0 aliphatic carbocycles. The number of carboxylic acids is 1. The molecule has 0 fully saturated rings. The molecule has 0 heterocycles. The van der Waals surface area contributed by atoms with Crippen molar-refractivity contribution in [2.75, 3.05) is 12.4 Å². The summed E-state index contributed by atoms with van der Waals surface area (Å²) in [5, 5.41) is 20.9. The Balaban J connectivity index is 2.93. The van der Waals surface area contributed by atoms with Crippen LogP contribution in [0, 0.1) is 11.3 Å². The van der Waals surface area contributed by atoms with Gasteiger partial charge in [-0.1, -0.05) is 6.92 Å². The van der Waals surface area contributed by atoms with Gasteiger partial charge in [0.15, 0.2) is 0 Å². The number of nitriles is 1. The van der Waals surface area contributed by atoms with Gasteiger partial charge in [0, 0.05) is 12.1 Å². The monoisotopic (exact) mass is 248 g/mol. The van der Waals surface area contributed by atoms with Crippen LogP contribution in [0.4, 0.5) is 5.69 Å². The summed E-state index contributed by atoms with van der Waals surface area (Å²) in [5.74, 6) is -0.238. The molecule has 1 unspecified atom stereocenters. The summed E-state index contributed by atoms with van der Waals surface area (Å²) < 4.78 is 5.08. The molecule has 0 spiro atoms. The van der Waals surface area contributed by atoms with Gasteiger partial charge in [-0.3, -0.25) is 4.79 Å². The van der Waals surface area contributed by atoms with E-state index in [2.05, 4.69) is 11.4 Å². The van der Waals surface area contributed by atoms with E-state index in [-0.39, 0.29) is 12.5 Å². The van der Waals surface area contributed by atoms with E-state index in [1.165, 1.54) is 0 Å². The molecule has 1 rings (SSSR count). The molecular weight excluding hydrogens is 232 g/mol. The van der Waals surface area contributed by atoms with Crippen LogP contribution in [0.3, 0.4) is 0 Å². The van der Waals surface area contributed by atoms with E-state index in [0.717, 1.165) is 0 Å². The van der Waals surface area contributed by atoms with Gasteiger partial charge in [0.05, 0.1) is 24.8 Å². The zero-order chi connectivity index (χ0) is 13.5. The van der Waals surface area contributed by atoms with Gasteiger partial charge in [0.1, 0.15) is 11.8 Å². The number of benzene rings is 1. The second-order valence-electron chi connectivity index (χ2n) is 3.87. The number of hydrogen-bond acceptors (Lipinski definition) is 4. The van der Waals surface area contributed by atoms with Crippen LogP contribution in [0.1, 0.15) is 25.3 Å². The van der Waals surface area contributed by atoms with Crippen molar-refractivity contribution >= 4 is 11.7 Å². The molecule has 1 aromatic rings. The molecule has 0 aromatic heterocycles. The van der Waals surface area contributed by atoms with E-state index in [0.29, 0.717) is 23.4 Å². The first-order valence-corrected chi connectivity index (χ1v) is 5.67. The van der Waals surface area contributed by atoms with Crippen LogP contribution in [0.25, 0.3) is 0 Å². The largest absolute Gasteiger partial charge is 0.497 e. The molecule has 1 atom stereocenters. The van der Waals surface area contributed by atoms with Gasteiger partial charge >= 0.3 is 5.97 Å². The predicted molar refractivity (Wildman–Crippen MR) is 67.7 cm³/mol. The van der Waals surface area contributed by atoms with Gasteiger partial charge < -0.3 is 15.2 Å². The fraction of sp³-hybridized carbons (Fsp3) is 0.385. The van der Waals surface area contributed by atoms with Crippen molar-refractivity contribution in [1.82, 2.24) is 0 Å². The molecule has 0 radical (unpaired) electrons. The number of rotatable bonds is 6. The van der Waals surface area contributed by atoms with Gasteiger partial charge in [-0.2, -0.15) is 5.26 Å². The van der Waals surface area contributed by atoms with Gasteiger partial charge in [-0.05, 0) is 18.6 Å². The number of anilines is 1. The minimum Gasteiger partial charge on any atom is -0.497 e. The van der Waals surface area contributed by atoms with E-state index in [1.54, 1.807) is 25.3 Å². The summed E-state index contributed by atoms with van der Waals surface area (Å²) in [6.45, 7) is 1.90. The zero-order valence-electron chi connectivity index (χ0n) is 10.4. The zero-order valence-corrected chi connectivity index (χ0v) is 10.4. The normalized spacial score (nSPS) is 11.4. The highest BCUT2D eigenvalue weighted by atomic mass is 16.5. The van der Waals surface area contributed by atoms with Gasteiger partial charge in [0.25, 0.3) is 0 Å². The molecule has 1 aromatic carbocycles. The average molecular weight is 248 g/mol. The smallest absolute Gasteiger partial charge is 0.305 e. The third kappa shape index (κ3) is 3.67. The molecule has 0 aliphatic rings. The second kappa shape index (κ2) is 6.50. The van der Waals surface area contributed by atoms with Gasteiger partial charge in [-0.15, -0.1) is 0 Å². The minimum atomic E-state index is -0.865. The molecule has 0 saturated carbocycles. The van der Waals surface area contributed by atoms with Crippen LogP contribution in [0.2, 0.25) is 0 Å². The molecule has 18 heavy (non-hydrogen) atoms. The Labute approximate surface area is 106 Å². The summed E-state index contributed by atoms with van der Waals surface area (Å²) >= 11 is 0. The lowest BCUT2D eigenvalue weighted by Gasteiger charge is -2.17. The first-order valence-electron chi connectivity index (χ1n) is 5.67. The van der Waals surface area contributed by atoms with Crippen molar-refractivity contribution in [3.05, 3.63) is 23.8 Å². The van der Waals surface area contributed by atoms with E-state index in [4.69, 9.17) is 15.1 Å². The van der Waals surface area contributed by atoms with E-state index in [9.17, 15) is 4.79 Å². The lowest BCUT2D eigenvalue weighted by molar-refractivity contribution is -0.137. The van der Waals surface area contributed by atoms with Crippen molar-refractivity contribution in [2.45, 2.75) is 25.8 Å². The highest BCUT2D eigenvalue weighted by molar-refractivity contribution is 5.69. The molecule has 0 aliphatic heterocycles.